The van der Waals surface area contributed by atoms with Crippen LogP contribution in [0.25, 0.3) is 21.6 Å². The Bertz CT molecular complexity index is 1240. The number of rotatable bonds is 5. The van der Waals surface area contributed by atoms with Gasteiger partial charge < -0.3 is 9.64 Å². The standard InChI is InChI=1S/C25H25FN4OS/c1-17-14-21-24(27-23(28-25(21)32-17)18-6-4-3-5-7-18)30-12-10-29(11-13-30)16-19-15-20(26)8-9-22(19)31-2/h3-9,14-15H,10-13,16H2,1-2H3. The zero-order valence-corrected chi connectivity index (χ0v) is 19.0. The highest BCUT2D eigenvalue weighted by molar-refractivity contribution is 7.18. The van der Waals surface area contributed by atoms with E-state index in [1.165, 1.54) is 10.9 Å². The van der Waals surface area contributed by atoms with Gasteiger partial charge in [0.05, 0.1) is 12.5 Å². The summed E-state index contributed by atoms with van der Waals surface area (Å²) in [6.45, 7) is 6.23. The van der Waals surface area contributed by atoms with Crippen LogP contribution in [0.15, 0.2) is 54.6 Å². The van der Waals surface area contributed by atoms with Gasteiger partial charge in [-0.2, -0.15) is 0 Å². The van der Waals surface area contributed by atoms with Gasteiger partial charge in [0.15, 0.2) is 5.82 Å². The van der Waals surface area contributed by atoms with Crippen molar-refractivity contribution in [2.45, 2.75) is 13.5 Å². The Morgan fingerprint density at radius 2 is 1.78 bits per heavy atom. The minimum absolute atomic E-state index is 0.232. The molecule has 1 fully saturated rings. The fraction of sp³-hybridized carbons (Fsp3) is 0.280. The molecule has 7 heteroatoms. The van der Waals surface area contributed by atoms with E-state index in [0.717, 1.165) is 64.9 Å². The Morgan fingerprint density at radius 3 is 2.53 bits per heavy atom. The van der Waals surface area contributed by atoms with E-state index in [0.29, 0.717) is 6.54 Å². The van der Waals surface area contributed by atoms with Crippen molar-refractivity contribution in [3.63, 3.8) is 0 Å². The normalized spacial score (nSPS) is 14.8. The summed E-state index contributed by atoms with van der Waals surface area (Å²) in [5.74, 6) is 2.26. The van der Waals surface area contributed by atoms with Crippen LogP contribution in [0.5, 0.6) is 5.75 Å². The molecule has 0 amide bonds. The topological polar surface area (TPSA) is 41.5 Å². The predicted octanol–water partition coefficient (Wildman–Crippen LogP) is 5.14. The van der Waals surface area contributed by atoms with Gasteiger partial charge in [-0.3, -0.25) is 4.90 Å². The van der Waals surface area contributed by atoms with Crippen molar-refractivity contribution in [3.8, 4) is 17.1 Å². The van der Waals surface area contributed by atoms with Crippen LogP contribution in [-0.2, 0) is 6.54 Å². The van der Waals surface area contributed by atoms with Gasteiger partial charge in [0.2, 0.25) is 0 Å². The van der Waals surface area contributed by atoms with Gasteiger partial charge in [-0.25, -0.2) is 14.4 Å². The van der Waals surface area contributed by atoms with Crippen LogP contribution in [0.2, 0.25) is 0 Å². The first-order valence-corrected chi connectivity index (χ1v) is 11.6. The number of nitrogens with zero attached hydrogens (tertiary/aromatic N) is 4. The second-order valence-electron chi connectivity index (χ2n) is 8.03. The van der Waals surface area contributed by atoms with Crippen molar-refractivity contribution >= 4 is 27.4 Å². The lowest BCUT2D eigenvalue weighted by molar-refractivity contribution is 0.245. The van der Waals surface area contributed by atoms with Gasteiger partial charge >= 0.3 is 0 Å². The van der Waals surface area contributed by atoms with E-state index < -0.39 is 0 Å². The number of halogens is 1. The number of piperazine rings is 1. The number of anilines is 1. The molecule has 0 saturated carbocycles. The summed E-state index contributed by atoms with van der Waals surface area (Å²) in [6, 6.07) is 17.0. The Hall–Kier alpha value is -3.03. The zero-order valence-electron chi connectivity index (χ0n) is 18.2. The van der Waals surface area contributed by atoms with Crippen molar-refractivity contribution in [3.05, 3.63) is 70.9 Å². The van der Waals surface area contributed by atoms with E-state index in [1.807, 2.05) is 18.2 Å². The number of hydrogen-bond donors (Lipinski definition) is 0. The third-order valence-corrected chi connectivity index (χ3v) is 6.78. The largest absolute Gasteiger partial charge is 0.496 e. The minimum atomic E-state index is -0.232. The number of fused-ring (bicyclic) bond motifs is 1. The van der Waals surface area contributed by atoms with Crippen molar-refractivity contribution in [1.29, 1.82) is 0 Å². The van der Waals surface area contributed by atoms with Gasteiger partial charge in [0.25, 0.3) is 0 Å². The van der Waals surface area contributed by atoms with Gasteiger partial charge in [-0.1, -0.05) is 30.3 Å². The van der Waals surface area contributed by atoms with Crippen molar-refractivity contribution < 1.29 is 9.13 Å². The molecule has 0 unspecified atom stereocenters. The first-order valence-electron chi connectivity index (χ1n) is 10.7. The summed E-state index contributed by atoms with van der Waals surface area (Å²) >= 11 is 1.71. The monoisotopic (exact) mass is 448 g/mol. The second kappa shape index (κ2) is 8.84. The Labute approximate surface area is 191 Å². The third kappa shape index (κ3) is 4.18. The van der Waals surface area contributed by atoms with Crippen molar-refractivity contribution in [1.82, 2.24) is 14.9 Å². The number of thiophene rings is 1. The Morgan fingerprint density at radius 1 is 1.00 bits per heavy atom. The lowest BCUT2D eigenvalue weighted by Gasteiger charge is -2.36. The van der Waals surface area contributed by atoms with Crippen LogP contribution in [0.4, 0.5) is 10.2 Å². The highest BCUT2D eigenvalue weighted by atomic mass is 32.1. The summed E-state index contributed by atoms with van der Waals surface area (Å²) in [4.78, 5) is 16.8. The molecule has 32 heavy (non-hydrogen) atoms. The fourth-order valence-electron chi connectivity index (χ4n) is 4.21. The summed E-state index contributed by atoms with van der Waals surface area (Å²) in [5.41, 5.74) is 1.91. The zero-order chi connectivity index (χ0) is 22.1. The molecule has 0 bridgehead atoms. The summed E-state index contributed by atoms with van der Waals surface area (Å²) in [6.07, 6.45) is 0. The van der Waals surface area contributed by atoms with E-state index in [4.69, 9.17) is 14.7 Å². The van der Waals surface area contributed by atoms with Crippen LogP contribution >= 0.6 is 11.3 Å². The van der Waals surface area contributed by atoms with Crippen LogP contribution < -0.4 is 9.64 Å². The first-order chi connectivity index (χ1) is 15.6. The molecule has 0 atom stereocenters. The van der Waals surface area contributed by atoms with Gasteiger partial charge in [0.1, 0.15) is 22.2 Å². The maximum atomic E-state index is 13.8. The van der Waals surface area contributed by atoms with Crippen molar-refractivity contribution in [2.75, 3.05) is 38.2 Å². The molecule has 0 radical (unpaired) electrons. The molecule has 2 aromatic heterocycles. The number of ether oxygens (including phenoxy) is 1. The maximum Gasteiger partial charge on any atom is 0.163 e. The van der Waals surface area contributed by atoms with Crippen LogP contribution in [-0.4, -0.2) is 48.2 Å². The molecule has 5 rings (SSSR count). The number of aromatic nitrogens is 2. The SMILES string of the molecule is COc1ccc(F)cc1CN1CCN(c2nc(-c3ccccc3)nc3sc(C)cc23)CC1. The van der Waals surface area contributed by atoms with Crippen LogP contribution in [0.1, 0.15) is 10.4 Å². The van der Waals surface area contributed by atoms with E-state index >= 15 is 0 Å². The summed E-state index contributed by atoms with van der Waals surface area (Å²) in [7, 11) is 1.63. The molecule has 0 spiro atoms. The molecule has 0 N–H and O–H groups in total. The smallest absolute Gasteiger partial charge is 0.163 e. The highest BCUT2D eigenvalue weighted by Gasteiger charge is 2.23. The second-order valence-corrected chi connectivity index (χ2v) is 9.27. The number of hydrogen-bond acceptors (Lipinski definition) is 6. The minimum Gasteiger partial charge on any atom is -0.496 e. The van der Waals surface area contributed by atoms with E-state index in [9.17, 15) is 4.39 Å². The van der Waals surface area contributed by atoms with Crippen LogP contribution in [0.3, 0.4) is 0 Å². The molecule has 3 heterocycles. The Balaban J connectivity index is 1.39. The molecule has 2 aromatic carbocycles. The van der Waals surface area contributed by atoms with Crippen LogP contribution in [0, 0.1) is 12.7 Å². The maximum absolute atomic E-state index is 13.8. The fourth-order valence-corrected chi connectivity index (χ4v) is 5.09. The molecule has 4 aromatic rings. The van der Waals surface area contributed by atoms with Crippen molar-refractivity contribution in [2.24, 2.45) is 0 Å². The molecule has 1 aliphatic heterocycles. The molecule has 5 nitrogen and oxygen atoms in total. The lowest BCUT2D eigenvalue weighted by Crippen LogP contribution is -2.46. The summed E-state index contributed by atoms with van der Waals surface area (Å²) in [5, 5.41) is 1.12. The highest BCUT2D eigenvalue weighted by Crippen LogP contribution is 2.33. The summed E-state index contributed by atoms with van der Waals surface area (Å²) < 4.78 is 19.2. The lowest BCUT2D eigenvalue weighted by atomic mass is 10.1. The van der Waals surface area contributed by atoms with Gasteiger partial charge in [-0.15, -0.1) is 11.3 Å². The molecular weight excluding hydrogens is 423 g/mol. The van der Waals surface area contributed by atoms with Gasteiger partial charge in [-0.05, 0) is 31.2 Å². The molecular formula is C25H25FN4OS. The first kappa shape index (κ1) is 20.8. The molecule has 1 aliphatic rings. The van der Waals surface area contributed by atoms with E-state index in [-0.39, 0.29) is 5.82 Å². The number of aryl methyl sites for hydroxylation is 1. The predicted molar refractivity (Wildman–Crippen MR) is 128 cm³/mol. The van der Waals surface area contributed by atoms with Gasteiger partial charge in [0, 0.05) is 48.7 Å². The average Bonchev–Trinajstić information content (AvgIpc) is 3.20. The molecule has 1 saturated heterocycles. The number of methoxy groups -OCH3 is 1. The molecule has 0 aliphatic carbocycles. The number of benzene rings is 2. The Kier molecular flexibility index (Phi) is 5.76. The average molecular weight is 449 g/mol. The van der Waals surface area contributed by atoms with E-state index in [2.05, 4.69) is 34.9 Å². The third-order valence-electron chi connectivity index (χ3n) is 5.84. The quantitative estimate of drug-likeness (QED) is 0.423. The molecule has 164 valence electrons. The van der Waals surface area contributed by atoms with E-state index in [1.54, 1.807) is 30.6 Å².